The molecule has 0 fully saturated rings. The first-order chi connectivity index (χ1) is 14.9. The van der Waals surface area contributed by atoms with Crippen molar-refractivity contribution in [2.75, 3.05) is 19.7 Å². The van der Waals surface area contributed by atoms with E-state index in [9.17, 15) is 0 Å². The van der Waals surface area contributed by atoms with Gasteiger partial charge < -0.3 is 15.0 Å². The van der Waals surface area contributed by atoms with Gasteiger partial charge in [-0.05, 0) is 38.7 Å². The molecule has 3 N–H and O–H groups in total. The van der Waals surface area contributed by atoms with Gasteiger partial charge in [0.15, 0.2) is 0 Å². The van der Waals surface area contributed by atoms with Gasteiger partial charge in [0.2, 0.25) is 0 Å². The number of hydrogen-bond acceptors (Lipinski definition) is 5. The van der Waals surface area contributed by atoms with Crippen molar-refractivity contribution in [1.29, 1.82) is 5.41 Å². The lowest BCUT2D eigenvalue weighted by Crippen LogP contribution is -2.33. The van der Waals surface area contributed by atoms with E-state index >= 15 is 0 Å². The summed E-state index contributed by atoms with van der Waals surface area (Å²) in [6, 6.07) is 8.11. The maximum Gasteiger partial charge on any atom is 0.127 e. The topological polar surface area (TPSA) is 72.7 Å². The molecule has 170 valence electrons. The van der Waals surface area contributed by atoms with Gasteiger partial charge in [-0.15, -0.1) is 0 Å². The summed E-state index contributed by atoms with van der Waals surface area (Å²) in [6.07, 6.45) is 6.88. The lowest BCUT2D eigenvalue weighted by Gasteiger charge is -2.23. The van der Waals surface area contributed by atoms with Crippen LogP contribution < -0.4 is 10.7 Å². The van der Waals surface area contributed by atoms with Crippen molar-refractivity contribution in [1.82, 2.24) is 15.6 Å². The smallest absolute Gasteiger partial charge is 0.127 e. The number of hydrazone groups is 1. The molecule has 6 nitrogen and oxygen atoms in total. The zero-order valence-corrected chi connectivity index (χ0v) is 19.6. The van der Waals surface area contributed by atoms with Crippen molar-refractivity contribution in [3.63, 3.8) is 0 Å². The number of nitrogens with one attached hydrogen (secondary N) is 3. The molecule has 0 heterocycles. The Morgan fingerprint density at radius 2 is 1.87 bits per heavy atom. The minimum absolute atomic E-state index is 0.441. The molecule has 0 aromatic heterocycles. The van der Waals surface area contributed by atoms with E-state index in [2.05, 4.69) is 66.8 Å². The molecule has 0 bridgehead atoms. The molecule has 0 radical (unpaired) electrons. The first-order valence-electron chi connectivity index (χ1n) is 11.1. The average molecular weight is 426 g/mol. The van der Waals surface area contributed by atoms with Crippen molar-refractivity contribution in [3.05, 3.63) is 71.9 Å². The van der Waals surface area contributed by atoms with Crippen LogP contribution in [0.25, 0.3) is 0 Å². The zero-order chi connectivity index (χ0) is 23.1. The molecule has 0 spiro atoms. The second-order valence-corrected chi connectivity index (χ2v) is 7.41. The van der Waals surface area contributed by atoms with Crippen LogP contribution in [-0.2, 0) is 4.74 Å². The van der Waals surface area contributed by atoms with Gasteiger partial charge in [0.05, 0.1) is 18.6 Å². The first-order valence-corrected chi connectivity index (χ1v) is 11.1. The van der Waals surface area contributed by atoms with Crippen molar-refractivity contribution in [3.8, 4) is 0 Å². The summed E-state index contributed by atoms with van der Waals surface area (Å²) >= 11 is 0. The van der Waals surface area contributed by atoms with Crippen LogP contribution in [-0.4, -0.2) is 36.6 Å². The second kappa shape index (κ2) is 14.9. The maximum atomic E-state index is 8.53. The largest absolute Gasteiger partial charge is 0.499 e. The molecular formula is C25H39N5O. The molecule has 1 rings (SSSR count). The van der Waals surface area contributed by atoms with E-state index in [1.165, 1.54) is 5.56 Å². The fraction of sp³-hybridized carbons (Fsp3) is 0.440. The normalized spacial score (nSPS) is 11.3. The van der Waals surface area contributed by atoms with E-state index in [-0.39, 0.29) is 0 Å². The van der Waals surface area contributed by atoms with Gasteiger partial charge in [-0.3, -0.25) is 10.8 Å². The third kappa shape index (κ3) is 11.1. The predicted molar refractivity (Wildman–Crippen MR) is 132 cm³/mol. The van der Waals surface area contributed by atoms with Crippen molar-refractivity contribution in [2.45, 2.75) is 53.4 Å². The van der Waals surface area contributed by atoms with E-state index in [4.69, 9.17) is 10.1 Å². The van der Waals surface area contributed by atoms with E-state index < -0.39 is 0 Å². The summed E-state index contributed by atoms with van der Waals surface area (Å²) < 4.78 is 5.41. The minimum atomic E-state index is 0.441. The zero-order valence-electron chi connectivity index (χ0n) is 19.6. The van der Waals surface area contributed by atoms with E-state index in [1.807, 2.05) is 19.1 Å². The summed E-state index contributed by atoms with van der Waals surface area (Å²) in [5, 5.41) is 16.2. The third-order valence-corrected chi connectivity index (χ3v) is 4.42. The summed E-state index contributed by atoms with van der Waals surface area (Å²) in [5.41, 5.74) is 6.03. The quantitative estimate of drug-likeness (QED) is 0.154. The fourth-order valence-electron chi connectivity index (χ4n) is 2.96. The monoisotopic (exact) mass is 425 g/mol. The molecular weight excluding hydrogens is 386 g/mol. The molecule has 1 aromatic rings. The van der Waals surface area contributed by atoms with Crippen LogP contribution in [0.5, 0.6) is 0 Å². The lowest BCUT2D eigenvalue weighted by atomic mass is 10.2. The number of hydrogen-bond donors (Lipinski definition) is 3. The SMILES string of the molecule is C=C(CCC(=C)OCC)NC(=CC(=N)N(CCC)CCC)N/N=C/c1cccc(C)c1. The Bertz CT molecular complexity index is 776. The molecule has 0 atom stereocenters. The van der Waals surface area contributed by atoms with Crippen LogP contribution >= 0.6 is 0 Å². The molecule has 0 aliphatic carbocycles. The molecule has 0 saturated heterocycles. The van der Waals surface area contributed by atoms with Gasteiger partial charge in [-0.1, -0.05) is 56.8 Å². The van der Waals surface area contributed by atoms with Crippen molar-refractivity contribution >= 4 is 12.1 Å². The summed E-state index contributed by atoms with van der Waals surface area (Å²) in [4.78, 5) is 2.06. The van der Waals surface area contributed by atoms with Crippen LogP contribution in [0.2, 0.25) is 0 Å². The maximum absolute atomic E-state index is 8.53. The number of rotatable bonds is 15. The Labute approximate surface area is 188 Å². The van der Waals surface area contributed by atoms with Gasteiger partial charge in [0, 0.05) is 31.3 Å². The first kappa shape index (κ1) is 26.0. The Kier molecular flexibility index (Phi) is 12.5. The number of benzene rings is 1. The number of aryl methyl sites for hydroxylation is 1. The summed E-state index contributed by atoms with van der Waals surface area (Å²) in [6.45, 7) is 18.6. The van der Waals surface area contributed by atoms with Gasteiger partial charge in [0.1, 0.15) is 11.7 Å². The minimum Gasteiger partial charge on any atom is -0.499 e. The molecule has 0 saturated carbocycles. The van der Waals surface area contributed by atoms with Gasteiger partial charge in [-0.2, -0.15) is 5.10 Å². The van der Waals surface area contributed by atoms with Crippen LogP contribution in [0.1, 0.15) is 57.6 Å². The van der Waals surface area contributed by atoms with Gasteiger partial charge in [0.25, 0.3) is 0 Å². The predicted octanol–water partition coefficient (Wildman–Crippen LogP) is 5.29. The number of amidine groups is 1. The fourth-order valence-corrected chi connectivity index (χ4v) is 2.96. The summed E-state index contributed by atoms with van der Waals surface area (Å²) in [7, 11) is 0. The third-order valence-electron chi connectivity index (χ3n) is 4.42. The van der Waals surface area contributed by atoms with E-state index in [0.717, 1.165) is 43.0 Å². The standard InChI is InChI=1S/C25H39N5O/c1-7-15-30(16-8-2)24(26)18-25(28-21(5)13-14-22(6)31-9-3)29-27-19-23-12-10-11-20(4)17-23/h10-12,17-19,26,28-29H,5-9,13-16H2,1-4H3/b25-18?,26-24?,27-19+. The second-order valence-electron chi connectivity index (χ2n) is 7.41. The molecule has 1 aromatic carbocycles. The highest BCUT2D eigenvalue weighted by molar-refractivity contribution is 5.90. The number of allylic oxidation sites excluding steroid dienone is 2. The number of nitrogens with zero attached hydrogens (tertiary/aromatic N) is 2. The Morgan fingerprint density at radius 3 is 2.48 bits per heavy atom. The summed E-state index contributed by atoms with van der Waals surface area (Å²) in [5.74, 6) is 1.79. The molecule has 31 heavy (non-hydrogen) atoms. The van der Waals surface area contributed by atoms with E-state index in [1.54, 1.807) is 12.3 Å². The van der Waals surface area contributed by atoms with Gasteiger partial charge in [-0.25, -0.2) is 0 Å². The Morgan fingerprint density at radius 1 is 1.16 bits per heavy atom. The highest BCUT2D eigenvalue weighted by Gasteiger charge is 2.08. The molecule has 0 aliphatic heterocycles. The van der Waals surface area contributed by atoms with Crippen LogP contribution in [0.4, 0.5) is 0 Å². The van der Waals surface area contributed by atoms with Crippen LogP contribution in [0.3, 0.4) is 0 Å². The highest BCUT2D eigenvalue weighted by atomic mass is 16.5. The lowest BCUT2D eigenvalue weighted by molar-refractivity contribution is 0.220. The highest BCUT2D eigenvalue weighted by Crippen LogP contribution is 2.09. The van der Waals surface area contributed by atoms with E-state index in [0.29, 0.717) is 31.1 Å². The molecule has 0 aliphatic rings. The molecule has 0 amide bonds. The van der Waals surface area contributed by atoms with Crippen molar-refractivity contribution in [2.24, 2.45) is 5.10 Å². The Hall–Kier alpha value is -3.02. The number of ether oxygens (including phenoxy) is 1. The van der Waals surface area contributed by atoms with Crippen molar-refractivity contribution < 1.29 is 4.74 Å². The molecule has 6 heteroatoms. The van der Waals surface area contributed by atoms with Gasteiger partial charge >= 0.3 is 0 Å². The Balaban J connectivity index is 2.90. The molecule has 0 unspecified atom stereocenters. The van der Waals surface area contributed by atoms with Crippen LogP contribution in [0.15, 0.2) is 65.9 Å². The van der Waals surface area contributed by atoms with Crippen LogP contribution in [0, 0.1) is 12.3 Å². The average Bonchev–Trinajstić information content (AvgIpc) is 2.72.